The molecule has 268 valence electrons. The summed E-state index contributed by atoms with van der Waals surface area (Å²) in [4.78, 5) is 0. The van der Waals surface area contributed by atoms with Crippen molar-refractivity contribution in [3.05, 3.63) is 217 Å². The van der Waals surface area contributed by atoms with Crippen LogP contribution in [0.15, 0.2) is 206 Å². The first-order valence-electron chi connectivity index (χ1n) is 20.0. The molecule has 10 aromatic rings. The van der Waals surface area contributed by atoms with Crippen molar-refractivity contribution in [3.8, 4) is 66.8 Å². The normalized spacial score (nSPS) is 12.9. The first-order valence-corrected chi connectivity index (χ1v) is 20.0. The van der Waals surface area contributed by atoms with Crippen LogP contribution < -0.4 is 0 Å². The van der Waals surface area contributed by atoms with Crippen LogP contribution in [0.1, 0.15) is 25.0 Å². The van der Waals surface area contributed by atoms with E-state index in [2.05, 4.69) is 220 Å². The molecule has 0 saturated carbocycles. The zero-order valence-corrected chi connectivity index (χ0v) is 32.1. The van der Waals surface area contributed by atoms with Gasteiger partial charge in [0.1, 0.15) is 0 Å². The van der Waals surface area contributed by atoms with E-state index in [1.807, 2.05) is 0 Å². The lowest BCUT2D eigenvalue weighted by Gasteiger charge is -2.22. The van der Waals surface area contributed by atoms with E-state index in [1.54, 1.807) is 0 Å². The van der Waals surface area contributed by atoms with Crippen LogP contribution in [0.5, 0.6) is 0 Å². The third-order valence-corrected chi connectivity index (χ3v) is 12.5. The SMILES string of the molecule is CC1(C)c2ccccc2-c2ccc(-c3cc4cc(-c5ccccc5-c5ccccc5)ccc4c4ccc(-c5cc6ccccc6cc5-c5ccccc5)cc34)cc21. The van der Waals surface area contributed by atoms with E-state index in [-0.39, 0.29) is 5.41 Å². The molecule has 0 radical (unpaired) electrons. The quantitative estimate of drug-likeness (QED) is 0.155. The third-order valence-electron chi connectivity index (χ3n) is 12.5. The van der Waals surface area contributed by atoms with Crippen LogP contribution in [0.4, 0.5) is 0 Å². The van der Waals surface area contributed by atoms with Gasteiger partial charge in [0.15, 0.2) is 0 Å². The lowest BCUT2D eigenvalue weighted by atomic mass is 9.81. The van der Waals surface area contributed by atoms with Crippen LogP contribution in [-0.4, -0.2) is 0 Å². The lowest BCUT2D eigenvalue weighted by Crippen LogP contribution is -2.14. The molecule has 0 aliphatic heterocycles. The van der Waals surface area contributed by atoms with Crippen molar-refractivity contribution >= 4 is 32.3 Å². The van der Waals surface area contributed by atoms with Crippen molar-refractivity contribution in [2.24, 2.45) is 0 Å². The Labute approximate surface area is 334 Å². The maximum absolute atomic E-state index is 2.47. The Morgan fingerprint density at radius 2 is 0.719 bits per heavy atom. The molecule has 0 unspecified atom stereocenters. The fourth-order valence-electron chi connectivity index (χ4n) is 9.55. The summed E-state index contributed by atoms with van der Waals surface area (Å²) in [7, 11) is 0. The molecule has 10 aromatic carbocycles. The van der Waals surface area contributed by atoms with E-state index < -0.39 is 0 Å². The highest BCUT2D eigenvalue weighted by Crippen LogP contribution is 2.50. The van der Waals surface area contributed by atoms with Gasteiger partial charge in [-0.15, -0.1) is 0 Å². The minimum atomic E-state index is -0.0935. The second-order valence-corrected chi connectivity index (χ2v) is 16.1. The molecule has 0 bridgehead atoms. The molecule has 0 amide bonds. The van der Waals surface area contributed by atoms with Crippen molar-refractivity contribution in [1.82, 2.24) is 0 Å². The Bertz CT molecular complexity index is 3180. The minimum absolute atomic E-state index is 0.0935. The molecular weight excluding hydrogens is 685 g/mol. The van der Waals surface area contributed by atoms with Crippen LogP contribution in [0.3, 0.4) is 0 Å². The van der Waals surface area contributed by atoms with Crippen molar-refractivity contribution in [2.75, 3.05) is 0 Å². The third kappa shape index (κ3) is 5.44. The lowest BCUT2D eigenvalue weighted by molar-refractivity contribution is 0.660. The smallest absolute Gasteiger partial charge is 0.0159 e. The van der Waals surface area contributed by atoms with Gasteiger partial charge in [-0.25, -0.2) is 0 Å². The average molecular weight is 725 g/mol. The van der Waals surface area contributed by atoms with Crippen LogP contribution in [0.2, 0.25) is 0 Å². The Morgan fingerprint density at radius 3 is 1.42 bits per heavy atom. The highest BCUT2D eigenvalue weighted by Gasteiger charge is 2.35. The second kappa shape index (κ2) is 13.0. The van der Waals surface area contributed by atoms with Gasteiger partial charge in [-0.2, -0.15) is 0 Å². The predicted octanol–water partition coefficient (Wildman–Crippen LogP) is 15.8. The second-order valence-electron chi connectivity index (χ2n) is 16.1. The number of benzene rings is 10. The molecular formula is C57H40. The average Bonchev–Trinajstić information content (AvgIpc) is 3.51. The molecule has 1 aliphatic carbocycles. The predicted molar refractivity (Wildman–Crippen MR) is 244 cm³/mol. The summed E-state index contributed by atoms with van der Waals surface area (Å²) in [5.41, 5.74) is 17.7. The van der Waals surface area contributed by atoms with Gasteiger partial charge < -0.3 is 0 Å². The number of fused-ring (bicyclic) bond motifs is 7. The van der Waals surface area contributed by atoms with E-state index in [9.17, 15) is 0 Å². The Kier molecular flexibility index (Phi) is 7.63. The summed E-state index contributed by atoms with van der Waals surface area (Å²) in [5.74, 6) is 0. The summed E-state index contributed by atoms with van der Waals surface area (Å²) in [6.07, 6.45) is 0. The van der Waals surface area contributed by atoms with E-state index in [0.29, 0.717) is 0 Å². The fraction of sp³-hybridized carbons (Fsp3) is 0.0526. The highest BCUT2D eigenvalue weighted by atomic mass is 14.4. The summed E-state index contributed by atoms with van der Waals surface area (Å²) < 4.78 is 0. The first kappa shape index (κ1) is 33.3. The Hall–Kier alpha value is -7.02. The topological polar surface area (TPSA) is 0 Å². The van der Waals surface area contributed by atoms with Crippen LogP contribution in [0.25, 0.3) is 99.1 Å². The number of hydrogen-bond acceptors (Lipinski definition) is 0. The van der Waals surface area contributed by atoms with E-state index in [0.717, 1.165) is 0 Å². The molecule has 0 atom stereocenters. The molecule has 11 rings (SSSR count). The van der Waals surface area contributed by atoms with Crippen molar-refractivity contribution in [3.63, 3.8) is 0 Å². The summed E-state index contributed by atoms with van der Waals surface area (Å²) in [5, 5.41) is 7.52. The van der Waals surface area contributed by atoms with Gasteiger partial charge >= 0.3 is 0 Å². The summed E-state index contributed by atoms with van der Waals surface area (Å²) in [6, 6.07) is 76.6. The maximum atomic E-state index is 2.47. The van der Waals surface area contributed by atoms with Crippen molar-refractivity contribution in [1.29, 1.82) is 0 Å². The molecule has 0 fully saturated rings. The maximum Gasteiger partial charge on any atom is 0.0159 e. The zero-order chi connectivity index (χ0) is 38.1. The number of rotatable bonds is 5. The fourth-order valence-corrected chi connectivity index (χ4v) is 9.55. The van der Waals surface area contributed by atoms with E-state index >= 15 is 0 Å². The zero-order valence-electron chi connectivity index (χ0n) is 32.1. The molecule has 1 aliphatic rings. The highest BCUT2D eigenvalue weighted by molar-refractivity contribution is 6.16. The largest absolute Gasteiger partial charge is 0.0622 e. The first-order chi connectivity index (χ1) is 28.0. The summed E-state index contributed by atoms with van der Waals surface area (Å²) in [6.45, 7) is 4.75. The molecule has 0 spiro atoms. The van der Waals surface area contributed by atoms with Crippen LogP contribution >= 0.6 is 0 Å². The molecule has 0 saturated heterocycles. The van der Waals surface area contributed by atoms with Gasteiger partial charge in [-0.05, 0) is 147 Å². The minimum Gasteiger partial charge on any atom is -0.0622 e. The van der Waals surface area contributed by atoms with Crippen LogP contribution in [-0.2, 0) is 5.41 Å². The van der Waals surface area contributed by atoms with Gasteiger partial charge in [0.05, 0.1) is 0 Å². The monoisotopic (exact) mass is 724 g/mol. The molecule has 57 heavy (non-hydrogen) atoms. The Morgan fingerprint density at radius 1 is 0.246 bits per heavy atom. The molecule has 0 heteroatoms. The van der Waals surface area contributed by atoms with Gasteiger partial charge in [0, 0.05) is 5.41 Å². The van der Waals surface area contributed by atoms with Crippen molar-refractivity contribution < 1.29 is 0 Å². The van der Waals surface area contributed by atoms with E-state index in [1.165, 1.54) is 110 Å². The Balaban J connectivity index is 1.16. The van der Waals surface area contributed by atoms with Gasteiger partial charge in [0.2, 0.25) is 0 Å². The molecule has 0 aromatic heterocycles. The number of hydrogen-bond donors (Lipinski definition) is 0. The van der Waals surface area contributed by atoms with Gasteiger partial charge in [0.25, 0.3) is 0 Å². The van der Waals surface area contributed by atoms with Gasteiger partial charge in [-0.1, -0.05) is 184 Å². The van der Waals surface area contributed by atoms with E-state index in [4.69, 9.17) is 0 Å². The summed E-state index contributed by atoms with van der Waals surface area (Å²) >= 11 is 0. The standard InChI is InChI=1S/C57H40/c1-57(2)55-24-14-13-23-49(55)50-30-27-43(36-56(50)57)53-35-44-31-41(46-22-12-11-21-45(46)37-15-5-3-6-16-37)25-28-47(44)48-29-26-42(34-54(48)53)52-33-40-20-10-9-19-39(40)32-51(52)38-17-7-4-8-18-38/h3-36H,1-2H3. The molecule has 0 nitrogen and oxygen atoms in total. The van der Waals surface area contributed by atoms with Gasteiger partial charge in [-0.3, -0.25) is 0 Å². The molecule has 0 N–H and O–H groups in total. The van der Waals surface area contributed by atoms with Crippen LogP contribution in [0, 0.1) is 0 Å². The molecule has 0 heterocycles. The van der Waals surface area contributed by atoms with Crippen molar-refractivity contribution in [2.45, 2.75) is 19.3 Å².